The predicted octanol–water partition coefficient (Wildman–Crippen LogP) is 8.82. The summed E-state index contributed by atoms with van der Waals surface area (Å²) in [5, 5.41) is 1.86. The van der Waals surface area contributed by atoms with Crippen LogP contribution in [-0.4, -0.2) is 58.7 Å². The van der Waals surface area contributed by atoms with Gasteiger partial charge < -0.3 is 19.7 Å². The van der Waals surface area contributed by atoms with E-state index in [-0.39, 0.29) is 11.6 Å². The van der Waals surface area contributed by atoms with Crippen molar-refractivity contribution in [2.45, 2.75) is 0 Å². The van der Waals surface area contributed by atoms with Gasteiger partial charge in [-0.3, -0.25) is 9.59 Å². The molecule has 0 spiro atoms. The third kappa shape index (κ3) is 8.54. The largest absolute Gasteiger partial charge is 0.378 e. The van der Waals surface area contributed by atoms with Gasteiger partial charge in [0.2, 0.25) is 0 Å². The smallest absolute Gasteiger partial charge is 0.194 e. The fraction of sp³-hybridized carbons (Fsp3) is 0.105. The number of ketones is 2. The van der Waals surface area contributed by atoms with E-state index >= 15 is 0 Å². The Morgan fingerprint density at radius 3 is 1.82 bits per heavy atom. The molecular formula is C38H32I2N6O4S. The number of rotatable bonds is 10. The first-order valence-electron chi connectivity index (χ1n) is 15.6. The summed E-state index contributed by atoms with van der Waals surface area (Å²) in [6, 6.07) is 28.1. The maximum absolute atomic E-state index is 12.9. The number of halogens is 2. The number of pyridine rings is 2. The second kappa shape index (κ2) is 16.3. The normalized spacial score (nSPS) is 10.9. The van der Waals surface area contributed by atoms with Gasteiger partial charge in [-0.15, -0.1) is 0 Å². The number of H-pyrrole nitrogens is 1. The van der Waals surface area contributed by atoms with Crippen molar-refractivity contribution in [3.63, 3.8) is 0 Å². The van der Waals surface area contributed by atoms with E-state index < -0.39 is 0 Å². The molecule has 0 unspecified atom stereocenters. The average Bonchev–Trinajstić information content (AvgIpc) is 3.69. The third-order valence-corrected chi connectivity index (χ3v) is 10.2. The monoisotopic (exact) mass is 922 g/mol. The highest BCUT2D eigenvalue weighted by Gasteiger charge is 2.16. The molecule has 0 radical (unpaired) electrons. The van der Waals surface area contributed by atoms with Gasteiger partial charge in [-0.1, -0.05) is 22.5 Å². The minimum Gasteiger partial charge on any atom is -0.378 e. The molecule has 13 heteroatoms. The highest BCUT2D eigenvalue weighted by molar-refractivity contribution is 14.1. The lowest BCUT2D eigenvalue weighted by Gasteiger charge is -2.12. The van der Waals surface area contributed by atoms with Crippen molar-refractivity contribution in [2.75, 3.05) is 38.0 Å². The summed E-state index contributed by atoms with van der Waals surface area (Å²) >= 11 is 5.47. The van der Waals surface area contributed by atoms with E-state index in [0.717, 1.165) is 47.2 Å². The van der Waals surface area contributed by atoms with Crippen LogP contribution in [0, 0.1) is 7.14 Å². The zero-order valence-electron chi connectivity index (χ0n) is 28.0. The zero-order valence-corrected chi connectivity index (χ0v) is 33.1. The van der Waals surface area contributed by atoms with Crippen LogP contribution in [-0.2, 0) is 4.33 Å². The Labute approximate surface area is 326 Å². The number of anilines is 2. The molecule has 0 atom stereocenters. The quantitative estimate of drug-likeness (QED) is 0.0474. The van der Waals surface area contributed by atoms with Crippen molar-refractivity contribution in [3.05, 3.63) is 145 Å². The number of fused-ring (bicyclic) bond motifs is 2. The molecule has 0 fully saturated rings. The average molecular weight is 923 g/mol. The maximum Gasteiger partial charge on any atom is 0.194 e. The summed E-state index contributed by atoms with van der Waals surface area (Å²) in [6.45, 7) is 0. The lowest BCUT2D eigenvalue weighted by atomic mass is 10.0. The minimum atomic E-state index is -0.0606. The number of carbonyl (C=O) groups is 2. The predicted molar refractivity (Wildman–Crippen MR) is 221 cm³/mol. The Morgan fingerprint density at radius 2 is 1.25 bits per heavy atom. The van der Waals surface area contributed by atoms with Crippen LogP contribution >= 0.6 is 57.4 Å². The summed E-state index contributed by atoms with van der Waals surface area (Å²) < 4.78 is 9.06. The van der Waals surface area contributed by atoms with Gasteiger partial charge in [-0.05, 0) is 118 Å². The van der Waals surface area contributed by atoms with E-state index in [0.29, 0.717) is 33.7 Å². The molecule has 0 aliphatic heterocycles. The SMILES string of the molecule is CN(C)c1ccc(C(=O)c2cnc3[nH]cc(I)c3c2)cc1.CN(C)c1ccc(C(=O)c2cnc3c(c2)c(I)cn3SOOc2ccccc2)cc1. The summed E-state index contributed by atoms with van der Waals surface area (Å²) in [7, 11) is 7.88. The number of hydrogen-bond acceptors (Lipinski definition) is 9. The molecule has 0 aliphatic rings. The number of benzene rings is 3. The lowest BCUT2D eigenvalue weighted by molar-refractivity contribution is -0.0785. The molecule has 0 saturated carbocycles. The second-order valence-corrected chi connectivity index (χ2v) is 14.7. The van der Waals surface area contributed by atoms with E-state index in [9.17, 15) is 9.59 Å². The fourth-order valence-electron chi connectivity index (χ4n) is 5.04. The topological polar surface area (TPSA) is 106 Å². The Bertz CT molecular complexity index is 2310. The molecule has 4 heterocycles. The van der Waals surface area contributed by atoms with Gasteiger partial charge in [-0.25, -0.2) is 13.9 Å². The van der Waals surface area contributed by atoms with E-state index in [1.165, 1.54) is 0 Å². The van der Waals surface area contributed by atoms with E-state index in [1.807, 2.05) is 129 Å². The molecule has 7 rings (SSSR count). The molecule has 0 bridgehead atoms. The zero-order chi connectivity index (χ0) is 36.1. The number of hydrogen-bond donors (Lipinski definition) is 1. The number of aromatic amines is 1. The number of carbonyl (C=O) groups excluding carboxylic acids is 2. The first-order chi connectivity index (χ1) is 24.6. The Morgan fingerprint density at radius 1 is 0.706 bits per heavy atom. The van der Waals surface area contributed by atoms with Crippen LogP contribution in [0.3, 0.4) is 0 Å². The summed E-state index contributed by atoms with van der Waals surface area (Å²) in [4.78, 5) is 46.6. The van der Waals surface area contributed by atoms with Gasteiger partial charge in [0.05, 0.1) is 0 Å². The third-order valence-electron chi connectivity index (χ3n) is 7.84. The Balaban J connectivity index is 0.000000187. The molecule has 7 aromatic rings. The molecule has 10 nitrogen and oxygen atoms in total. The van der Waals surface area contributed by atoms with Crippen LogP contribution in [0.1, 0.15) is 31.8 Å². The van der Waals surface area contributed by atoms with Gasteiger partial charge in [-0.2, -0.15) is 0 Å². The fourth-order valence-corrected chi connectivity index (χ4v) is 7.01. The van der Waals surface area contributed by atoms with Crippen LogP contribution in [0.5, 0.6) is 5.75 Å². The molecule has 258 valence electrons. The highest BCUT2D eigenvalue weighted by atomic mass is 127. The van der Waals surface area contributed by atoms with Crippen molar-refractivity contribution in [3.8, 4) is 5.75 Å². The van der Waals surface area contributed by atoms with Gasteiger partial charge in [0.1, 0.15) is 5.65 Å². The van der Waals surface area contributed by atoms with Crippen molar-refractivity contribution >= 4 is 102 Å². The van der Waals surface area contributed by atoms with Crippen molar-refractivity contribution in [1.82, 2.24) is 18.9 Å². The number of para-hydroxylation sites is 1. The van der Waals surface area contributed by atoms with Crippen LogP contribution in [0.15, 0.2) is 116 Å². The van der Waals surface area contributed by atoms with Crippen LogP contribution in [0.25, 0.3) is 22.1 Å². The number of aromatic nitrogens is 4. The molecule has 51 heavy (non-hydrogen) atoms. The summed E-state index contributed by atoms with van der Waals surface area (Å²) in [5.74, 6) is 0.540. The Kier molecular flexibility index (Phi) is 11.6. The summed E-state index contributed by atoms with van der Waals surface area (Å²) in [6.07, 6.45) is 6.99. The second-order valence-electron chi connectivity index (χ2n) is 11.7. The highest BCUT2D eigenvalue weighted by Crippen LogP contribution is 2.28. The maximum atomic E-state index is 12.9. The van der Waals surface area contributed by atoms with Gasteiger partial charge in [0.15, 0.2) is 35.2 Å². The van der Waals surface area contributed by atoms with E-state index in [2.05, 4.69) is 60.1 Å². The molecule has 3 aromatic carbocycles. The van der Waals surface area contributed by atoms with Gasteiger partial charge in [0.25, 0.3) is 0 Å². The molecule has 0 saturated heterocycles. The van der Waals surface area contributed by atoms with Crippen LogP contribution in [0.2, 0.25) is 0 Å². The van der Waals surface area contributed by atoms with Crippen molar-refractivity contribution < 1.29 is 18.8 Å². The van der Waals surface area contributed by atoms with Crippen molar-refractivity contribution in [1.29, 1.82) is 0 Å². The number of nitrogens with zero attached hydrogens (tertiary/aromatic N) is 5. The lowest BCUT2D eigenvalue weighted by Crippen LogP contribution is -2.09. The number of nitrogens with one attached hydrogen (secondary N) is 1. The first-order valence-corrected chi connectivity index (χ1v) is 18.4. The first kappa shape index (κ1) is 36.3. The molecule has 1 N–H and O–H groups in total. The molecule has 0 amide bonds. The van der Waals surface area contributed by atoms with Gasteiger partial charge >= 0.3 is 0 Å². The Hall–Kier alpha value is -4.45. The van der Waals surface area contributed by atoms with Crippen molar-refractivity contribution in [2.24, 2.45) is 0 Å². The molecular weight excluding hydrogens is 890 g/mol. The molecule has 4 aromatic heterocycles. The summed E-state index contributed by atoms with van der Waals surface area (Å²) in [5.41, 5.74) is 6.07. The molecule has 0 aliphatic carbocycles. The van der Waals surface area contributed by atoms with Crippen LogP contribution in [0.4, 0.5) is 11.4 Å². The van der Waals surface area contributed by atoms with Gasteiger partial charge in [0, 0.05) is 105 Å². The minimum absolute atomic E-state index is 0.00768. The van der Waals surface area contributed by atoms with E-state index in [1.54, 1.807) is 28.5 Å². The van der Waals surface area contributed by atoms with E-state index in [4.69, 9.17) is 9.22 Å². The van der Waals surface area contributed by atoms with Crippen LogP contribution < -0.4 is 14.7 Å². The standard InChI is InChI=1S/C22H18IN3O3S.C16H14IN3O/c1-25(2)17-10-8-15(9-11-17)21(27)16-12-19-20(23)14-26(22(19)24-13-16)30-29-28-18-6-4-3-5-7-18;1-20(2)12-5-3-10(4-6-12)15(21)11-7-13-14(17)9-19-16(13)18-8-11/h3-14H,1-2H3;3-9H,1-2H3,(H,18,19).